The van der Waals surface area contributed by atoms with E-state index < -0.39 is 0 Å². The van der Waals surface area contributed by atoms with Gasteiger partial charge in [0.15, 0.2) is 0 Å². The molecule has 0 N–H and O–H groups in total. The fraction of sp³-hybridized carbons (Fsp3) is 0.188. The first-order chi connectivity index (χ1) is 8.83. The van der Waals surface area contributed by atoms with Gasteiger partial charge in [0, 0.05) is 6.42 Å². The first-order valence-electron chi connectivity index (χ1n) is 6.14. The van der Waals surface area contributed by atoms with Crippen LogP contribution >= 0.6 is 0 Å². The topological polar surface area (TPSA) is 26.3 Å². The van der Waals surface area contributed by atoms with Crippen molar-refractivity contribution in [3.05, 3.63) is 71.3 Å². The van der Waals surface area contributed by atoms with E-state index in [9.17, 15) is 4.79 Å². The van der Waals surface area contributed by atoms with Gasteiger partial charge in [-0.05, 0) is 16.7 Å². The minimum Gasteiger partial charge on any atom is -0.457 e. The van der Waals surface area contributed by atoms with Gasteiger partial charge in [-0.2, -0.15) is 0 Å². The summed E-state index contributed by atoms with van der Waals surface area (Å²) in [4.78, 5) is 11.8. The van der Waals surface area contributed by atoms with Crippen molar-refractivity contribution in [3.63, 3.8) is 0 Å². The third-order valence-corrected chi connectivity index (χ3v) is 3.27. The molecule has 90 valence electrons. The van der Waals surface area contributed by atoms with Gasteiger partial charge in [0.2, 0.25) is 0 Å². The number of hydrogen-bond acceptors (Lipinski definition) is 2. The standard InChI is InChI=1S/C16H14O2/c17-16(10-12-6-2-1-3-7-12)18-15-11-13-8-4-5-9-14(13)15/h1-9,15H,10-11H2/t15-/m1/s1. The normalized spacial score (nSPS) is 16.6. The number of carbonyl (C=O) groups is 1. The molecule has 0 aliphatic heterocycles. The Morgan fingerprint density at radius 2 is 1.78 bits per heavy atom. The van der Waals surface area contributed by atoms with Gasteiger partial charge in [-0.3, -0.25) is 4.79 Å². The van der Waals surface area contributed by atoms with E-state index in [0.717, 1.165) is 17.5 Å². The lowest BCUT2D eigenvalue weighted by molar-refractivity contribution is -0.149. The molecule has 0 saturated carbocycles. The van der Waals surface area contributed by atoms with Gasteiger partial charge in [-0.1, -0.05) is 54.6 Å². The largest absolute Gasteiger partial charge is 0.457 e. The number of benzene rings is 2. The van der Waals surface area contributed by atoms with Gasteiger partial charge in [0.25, 0.3) is 0 Å². The molecular formula is C16H14O2. The van der Waals surface area contributed by atoms with Gasteiger partial charge in [-0.25, -0.2) is 0 Å². The van der Waals surface area contributed by atoms with Crippen molar-refractivity contribution in [3.8, 4) is 0 Å². The molecule has 18 heavy (non-hydrogen) atoms. The summed E-state index contributed by atoms with van der Waals surface area (Å²) in [5, 5.41) is 0. The summed E-state index contributed by atoms with van der Waals surface area (Å²) in [7, 11) is 0. The molecular weight excluding hydrogens is 224 g/mol. The fourth-order valence-corrected chi connectivity index (χ4v) is 2.28. The average molecular weight is 238 g/mol. The summed E-state index contributed by atoms with van der Waals surface area (Å²) in [6.45, 7) is 0. The van der Waals surface area contributed by atoms with Crippen LogP contribution in [0.3, 0.4) is 0 Å². The van der Waals surface area contributed by atoms with Crippen LogP contribution in [0.4, 0.5) is 0 Å². The van der Waals surface area contributed by atoms with Crippen molar-refractivity contribution >= 4 is 5.97 Å². The van der Waals surface area contributed by atoms with Crippen LogP contribution in [0, 0.1) is 0 Å². The number of hydrogen-bond donors (Lipinski definition) is 0. The predicted octanol–water partition coefficient (Wildman–Crippen LogP) is 3.07. The fourth-order valence-electron chi connectivity index (χ4n) is 2.28. The monoisotopic (exact) mass is 238 g/mol. The second kappa shape index (κ2) is 4.65. The highest BCUT2D eigenvalue weighted by Crippen LogP contribution is 2.35. The number of esters is 1. The summed E-state index contributed by atoms with van der Waals surface area (Å²) in [6.07, 6.45) is 1.15. The highest BCUT2D eigenvalue weighted by atomic mass is 16.5. The van der Waals surface area contributed by atoms with Gasteiger partial charge in [0.1, 0.15) is 6.10 Å². The van der Waals surface area contributed by atoms with E-state index in [1.54, 1.807) is 0 Å². The van der Waals surface area contributed by atoms with Gasteiger partial charge in [0.05, 0.1) is 6.42 Å². The lowest BCUT2D eigenvalue weighted by Crippen LogP contribution is -2.23. The highest BCUT2D eigenvalue weighted by molar-refractivity contribution is 5.73. The first-order valence-corrected chi connectivity index (χ1v) is 6.14. The summed E-state index contributed by atoms with van der Waals surface area (Å²) in [6, 6.07) is 17.8. The molecule has 2 nitrogen and oxygen atoms in total. The van der Waals surface area contributed by atoms with Crippen LogP contribution in [-0.2, 0) is 22.4 Å². The number of rotatable bonds is 3. The van der Waals surface area contributed by atoms with Gasteiger partial charge >= 0.3 is 5.97 Å². The number of ether oxygens (including phenoxy) is 1. The minimum absolute atomic E-state index is 0.0441. The predicted molar refractivity (Wildman–Crippen MR) is 69.1 cm³/mol. The molecule has 1 aliphatic carbocycles. The first kappa shape index (κ1) is 11.0. The van der Waals surface area contributed by atoms with Crippen molar-refractivity contribution < 1.29 is 9.53 Å². The molecule has 1 aliphatic rings. The van der Waals surface area contributed by atoms with Crippen molar-refractivity contribution in [2.24, 2.45) is 0 Å². The SMILES string of the molecule is O=C(Cc1ccccc1)O[C@@H]1Cc2ccccc21. The summed E-state index contributed by atoms with van der Waals surface area (Å²) < 4.78 is 5.48. The Hall–Kier alpha value is -2.09. The van der Waals surface area contributed by atoms with Crippen LogP contribution < -0.4 is 0 Å². The van der Waals surface area contributed by atoms with Crippen molar-refractivity contribution in [2.45, 2.75) is 18.9 Å². The number of carbonyl (C=O) groups excluding carboxylic acids is 1. The molecule has 0 saturated heterocycles. The van der Waals surface area contributed by atoms with Crippen LogP contribution in [0.5, 0.6) is 0 Å². The van der Waals surface area contributed by atoms with E-state index in [1.807, 2.05) is 48.5 Å². The number of fused-ring (bicyclic) bond motifs is 1. The second-order valence-corrected chi connectivity index (χ2v) is 4.54. The summed E-state index contributed by atoms with van der Waals surface area (Å²) >= 11 is 0. The molecule has 0 unspecified atom stereocenters. The van der Waals surface area contributed by atoms with E-state index in [1.165, 1.54) is 5.56 Å². The smallest absolute Gasteiger partial charge is 0.310 e. The Morgan fingerprint density at radius 1 is 1.06 bits per heavy atom. The van der Waals surface area contributed by atoms with Crippen LogP contribution in [0.25, 0.3) is 0 Å². The van der Waals surface area contributed by atoms with E-state index in [-0.39, 0.29) is 12.1 Å². The Bertz CT molecular complexity index is 560. The maximum absolute atomic E-state index is 11.8. The van der Waals surface area contributed by atoms with Crippen molar-refractivity contribution in [1.82, 2.24) is 0 Å². The highest BCUT2D eigenvalue weighted by Gasteiger charge is 2.28. The van der Waals surface area contributed by atoms with Gasteiger partial charge in [-0.15, -0.1) is 0 Å². The molecule has 0 bridgehead atoms. The van der Waals surface area contributed by atoms with E-state index in [4.69, 9.17) is 4.74 Å². The molecule has 2 heteroatoms. The average Bonchev–Trinajstić information content (AvgIpc) is 2.37. The summed E-state index contributed by atoms with van der Waals surface area (Å²) in [5.41, 5.74) is 3.43. The Kier molecular flexibility index (Phi) is 2.85. The third-order valence-electron chi connectivity index (χ3n) is 3.27. The molecule has 2 aromatic rings. The summed E-state index contributed by atoms with van der Waals surface area (Å²) in [5.74, 6) is -0.152. The molecule has 3 rings (SSSR count). The Morgan fingerprint density at radius 3 is 2.56 bits per heavy atom. The van der Waals surface area contributed by atoms with Crippen molar-refractivity contribution in [2.75, 3.05) is 0 Å². The zero-order valence-electron chi connectivity index (χ0n) is 10.0. The van der Waals surface area contributed by atoms with Crippen LogP contribution in [0.15, 0.2) is 54.6 Å². The van der Waals surface area contributed by atoms with Crippen molar-refractivity contribution in [1.29, 1.82) is 0 Å². The zero-order chi connectivity index (χ0) is 12.4. The zero-order valence-corrected chi connectivity index (χ0v) is 10.0. The second-order valence-electron chi connectivity index (χ2n) is 4.54. The molecule has 0 fully saturated rings. The van der Waals surface area contributed by atoms with E-state index in [2.05, 4.69) is 6.07 Å². The molecule has 0 radical (unpaired) electrons. The maximum Gasteiger partial charge on any atom is 0.310 e. The lowest BCUT2D eigenvalue weighted by Gasteiger charge is -2.29. The third kappa shape index (κ3) is 2.14. The van der Waals surface area contributed by atoms with Crippen LogP contribution in [-0.4, -0.2) is 5.97 Å². The molecule has 0 heterocycles. The molecule has 1 atom stereocenters. The molecule has 0 amide bonds. The molecule has 0 spiro atoms. The Labute approximate surface area is 106 Å². The Balaban J connectivity index is 1.61. The molecule has 2 aromatic carbocycles. The van der Waals surface area contributed by atoms with Crippen LogP contribution in [0.1, 0.15) is 22.8 Å². The van der Waals surface area contributed by atoms with E-state index in [0.29, 0.717) is 6.42 Å². The van der Waals surface area contributed by atoms with Gasteiger partial charge < -0.3 is 4.74 Å². The van der Waals surface area contributed by atoms with E-state index >= 15 is 0 Å². The quantitative estimate of drug-likeness (QED) is 0.768. The maximum atomic E-state index is 11.8. The van der Waals surface area contributed by atoms with Crippen LogP contribution in [0.2, 0.25) is 0 Å². The lowest BCUT2D eigenvalue weighted by atomic mass is 9.85. The molecule has 0 aromatic heterocycles. The minimum atomic E-state index is -0.152.